The molecule has 1 aromatic heterocycles. The van der Waals surface area contributed by atoms with Crippen LogP contribution in [0, 0.1) is 5.95 Å². The van der Waals surface area contributed by atoms with Crippen LogP contribution in [-0.4, -0.2) is 11.6 Å². The Bertz CT molecular complexity index is 336. The molecule has 0 radical (unpaired) electrons. The Hall–Kier alpha value is -0.960. The second-order valence-electron chi connectivity index (χ2n) is 3.75. The highest BCUT2D eigenvalue weighted by molar-refractivity contribution is 5.27. The number of halogens is 1. The normalized spacial score (nSPS) is 19.6. The van der Waals surface area contributed by atoms with Gasteiger partial charge in [0.15, 0.2) is 0 Å². The molecule has 0 aromatic carbocycles. The maximum atomic E-state index is 12.9. The van der Waals surface area contributed by atoms with Gasteiger partial charge < -0.3 is 4.74 Å². The summed E-state index contributed by atoms with van der Waals surface area (Å²) in [7, 11) is 0. The molecule has 1 aromatic rings. The zero-order valence-corrected chi connectivity index (χ0v) is 7.80. The molecule has 0 saturated carbocycles. The molecule has 3 heteroatoms. The van der Waals surface area contributed by atoms with Crippen LogP contribution >= 0.6 is 0 Å². The number of rotatable bonds is 0. The van der Waals surface area contributed by atoms with E-state index < -0.39 is 11.5 Å². The van der Waals surface area contributed by atoms with Crippen molar-refractivity contribution in [3.63, 3.8) is 0 Å². The van der Waals surface area contributed by atoms with E-state index in [9.17, 15) is 4.39 Å². The number of aromatic nitrogens is 1. The van der Waals surface area contributed by atoms with Gasteiger partial charge in [-0.1, -0.05) is 6.07 Å². The smallest absolute Gasteiger partial charge is 0.213 e. The fraction of sp³-hybridized carbons (Fsp3) is 0.500. The van der Waals surface area contributed by atoms with E-state index in [0.29, 0.717) is 6.61 Å². The summed E-state index contributed by atoms with van der Waals surface area (Å²) in [5.74, 6) is -0.433. The molecule has 1 aliphatic heterocycles. The predicted octanol–water partition coefficient (Wildman–Crippen LogP) is 2.03. The third-order valence-corrected chi connectivity index (χ3v) is 2.35. The van der Waals surface area contributed by atoms with E-state index in [1.54, 1.807) is 6.07 Å². The summed E-state index contributed by atoms with van der Waals surface area (Å²) in [5, 5.41) is 0. The minimum absolute atomic E-state index is 0.433. The Balaban J connectivity index is 2.55. The van der Waals surface area contributed by atoms with E-state index in [4.69, 9.17) is 4.74 Å². The number of ether oxygens (including phenoxy) is 1. The van der Waals surface area contributed by atoms with Gasteiger partial charge in [-0.2, -0.15) is 4.39 Å². The van der Waals surface area contributed by atoms with E-state index in [-0.39, 0.29) is 0 Å². The Morgan fingerprint density at radius 2 is 2.23 bits per heavy atom. The second kappa shape index (κ2) is 2.77. The predicted molar refractivity (Wildman–Crippen MR) is 46.9 cm³/mol. The van der Waals surface area contributed by atoms with Gasteiger partial charge >= 0.3 is 0 Å². The average Bonchev–Trinajstić information content (AvgIpc) is 2.06. The largest absolute Gasteiger partial charge is 0.369 e. The van der Waals surface area contributed by atoms with E-state index >= 15 is 0 Å². The van der Waals surface area contributed by atoms with E-state index in [1.807, 2.05) is 13.8 Å². The summed E-state index contributed by atoms with van der Waals surface area (Å²) in [5.41, 5.74) is 1.38. The Labute approximate surface area is 76.7 Å². The number of fused-ring (bicyclic) bond motifs is 1. The van der Waals surface area contributed by atoms with E-state index in [2.05, 4.69) is 4.98 Å². The third-order valence-electron chi connectivity index (χ3n) is 2.35. The monoisotopic (exact) mass is 181 g/mol. The number of hydrogen-bond donors (Lipinski definition) is 0. The van der Waals surface area contributed by atoms with Crippen LogP contribution < -0.4 is 0 Å². The molecule has 0 bridgehead atoms. The van der Waals surface area contributed by atoms with Crippen LogP contribution in [-0.2, 0) is 16.8 Å². The topological polar surface area (TPSA) is 22.1 Å². The van der Waals surface area contributed by atoms with Gasteiger partial charge in [-0.15, -0.1) is 0 Å². The van der Waals surface area contributed by atoms with Crippen molar-refractivity contribution in [3.8, 4) is 0 Å². The summed E-state index contributed by atoms with van der Waals surface area (Å²) in [6.45, 7) is 4.52. The van der Waals surface area contributed by atoms with Crippen LogP contribution in [0.25, 0.3) is 0 Å². The molecule has 2 nitrogen and oxygen atoms in total. The highest BCUT2D eigenvalue weighted by Crippen LogP contribution is 2.30. The van der Waals surface area contributed by atoms with E-state index in [0.717, 1.165) is 17.7 Å². The van der Waals surface area contributed by atoms with Crippen LogP contribution in [0.2, 0.25) is 0 Å². The van der Waals surface area contributed by atoms with Crippen LogP contribution in [0.1, 0.15) is 25.1 Å². The van der Waals surface area contributed by atoms with Crippen molar-refractivity contribution in [3.05, 3.63) is 29.3 Å². The lowest BCUT2D eigenvalue weighted by molar-refractivity contribution is -0.0356. The lowest BCUT2D eigenvalue weighted by Gasteiger charge is -2.31. The van der Waals surface area contributed by atoms with Gasteiger partial charge in [-0.3, -0.25) is 0 Å². The molecule has 0 aliphatic carbocycles. The van der Waals surface area contributed by atoms with Crippen molar-refractivity contribution in [2.24, 2.45) is 0 Å². The lowest BCUT2D eigenvalue weighted by Crippen LogP contribution is -2.31. The molecular formula is C10H12FNO. The van der Waals surface area contributed by atoms with Crippen molar-refractivity contribution in [2.45, 2.75) is 25.9 Å². The van der Waals surface area contributed by atoms with Gasteiger partial charge in [0.05, 0.1) is 12.3 Å². The second-order valence-corrected chi connectivity index (χ2v) is 3.75. The zero-order valence-electron chi connectivity index (χ0n) is 7.80. The Morgan fingerprint density at radius 1 is 1.46 bits per heavy atom. The molecule has 0 N–H and O–H groups in total. The summed E-state index contributed by atoms with van der Waals surface area (Å²) in [4.78, 5) is 3.87. The molecule has 13 heavy (non-hydrogen) atoms. The average molecular weight is 181 g/mol. The Morgan fingerprint density at radius 3 is 3.00 bits per heavy atom. The first-order valence-corrected chi connectivity index (χ1v) is 4.39. The summed E-state index contributed by atoms with van der Waals surface area (Å²) >= 11 is 0. The third kappa shape index (κ3) is 1.44. The van der Waals surface area contributed by atoms with Crippen molar-refractivity contribution in [1.29, 1.82) is 0 Å². The zero-order chi connectivity index (χ0) is 9.47. The van der Waals surface area contributed by atoms with Gasteiger partial charge in [-0.05, 0) is 31.9 Å². The lowest BCUT2D eigenvalue weighted by atomic mass is 9.95. The standard InChI is InChI=1S/C10H12FNO/c1-10(2)9-7(5-6-13-10)3-4-8(11)12-9/h3-4H,5-6H2,1-2H3. The highest BCUT2D eigenvalue weighted by Gasteiger charge is 2.30. The molecule has 0 fully saturated rings. The van der Waals surface area contributed by atoms with Crippen molar-refractivity contribution >= 4 is 0 Å². The van der Waals surface area contributed by atoms with Crippen molar-refractivity contribution in [2.75, 3.05) is 6.61 Å². The van der Waals surface area contributed by atoms with Crippen LogP contribution in [0.3, 0.4) is 0 Å². The van der Waals surface area contributed by atoms with Gasteiger partial charge in [0.2, 0.25) is 5.95 Å². The summed E-state index contributed by atoms with van der Waals surface area (Å²) in [6.07, 6.45) is 0.825. The van der Waals surface area contributed by atoms with Crippen LogP contribution in [0.4, 0.5) is 4.39 Å². The van der Waals surface area contributed by atoms with E-state index in [1.165, 1.54) is 6.07 Å². The fourth-order valence-corrected chi connectivity index (χ4v) is 1.67. The fourth-order valence-electron chi connectivity index (χ4n) is 1.67. The highest BCUT2D eigenvalue weighted by atomic mass is 19.1. The first-order valence-electron chi connectivity index (χ1n) is 4.39. The minimum Gasteiger partial charge on any atom is -0.369 e. The van der Waals surface area contributed by atoms with Gasteiger partial charge in [-0.25, -0.2) is 4.98 Å². The summed E-state index contributed by atoms with van der Waals surface area (Å²) in [6, 6.07) is 3.20. The van der Waals surface area contributed by atoms with Crippen molar-refractivity contribution in [1.82, 2.24) is 4.98 Å². The summed E-state index contributed by atoms with van der Waals surface area (Å²) < 4.78 is 18.4. The SMILES string of the molecule is CC1(C)OCCc2ccc(F)nc21. The molecule has 0 atom stereocenters. The molecular weight excluding hydrogens is 169 g/mol. The first-order chi connectivity index (χ1) is 6.09. The maximum absolute atomic E-state index is 12.9. The molecule has 0 saturated heterocycles. The quantitative estimate of drug-likeness (QED) is 0.571. The first kappa shape index (κ1) is 8.63. The molecule has 0 unspecified atom stereocenters. The van der Waals surface area contributed by atoms with Gasteiger partial charge in [0.1, 0.15) is 5.60 Å². The number of pyridine rings is 1. The number of hydrogen-bond acceptors (Lipinski definition) is 2. The van der Waals surface area contributed by atoms with Gasteiger partial charge in [0, 0.05) is 0 Å². The maximum Gasteiger partial charge on any atom is 0.213 e. The molecule has 1 aliphatic rings. The van der Waals surface area contributed by atoms with Crippen molar-refractivity contribution < 1.29 is 9.13 Å². The molecule has 2 heterocycles. The van der Waals surface area contributed by atoms with Gasteiger partial charge in [0.25, 0.3) is 0 Å². The molecule has 0 amide bonds. The number of nitrogens with zero attached hydrogens (tertiary/aromatic N) is 1. The Kier molecular flexibility index (Phi) is 1.84. The van der Waals surface area contributed by atoms with Crippen LogP contribution in [0.15, 0.2) is 12.1 Å². The van der Waals surface area contributed by atoms with Crippen LogP contribution in [0.5, 0.6) is 0 Å². The molecule has 2 rings (SSSR count). The minimum atomic E-state index is -0.449. The molecule has 70 valence electrons. The molecule has 0 spiro atoms.